The van der Waals surface area contributed by atoms with Crippen LogP contribution in [0.1, 0.15) is 18.3 Å². The summed E-state index contributed by atoms with van der Waals surface area (Å²) in [6.07, 6.45) is 9.51. The maximum absolute atomic E-state index is 9.24. The molecule has 1 aromatic heterocycles. The van der Waals surface area contributed by atoms with Gasteiger partial charge in [-0.1, -0.05) is 12.2 Å². The van der Waals surface area contributed by atoms with Gasteiger partial charge in [-0.3, -0.25) is 5.32 Å². The smallest absolute Gasteiger partial charge is 0.156 e. The monoisotopic (exact) mass is 304 g/mol. The van der Waals surface area contributed by atoms with E-state index in [0.717, 1.165) is 13.0 Å². The number of aliphatic hydroxyl groups is 2. The number of hydrogen-bond acceptors (Lipinski definition) is 7. The molecule has 0 saturated carbocycles. The third kappa shape index (κ3) is 3.44. The van der Waals surface area contributed by atoms with Crippen LogP contribution in [0.25, 0.3) is 0 Å². The molecule has 1 aliphatic heterocycles. The lowest BCUT2D eigenvalue weighted by Crippen LogP contribution is -2.49. The molecule has 7 nitrogen and oxygen atoms in total. The molecule has 0 spiro atoms. The molecule has 0 amide bonds. The summed E-state index contributed by atoms with van der Waals surface area (Å²) >= 11 is 0. The third-order valence-corrected chi connectivity index (χ3v) is 3.68. The molecule has 3 atom stereocenters. The van der Waals surface area contributed by atoms with Crippen molar-refractivity contribution in [2.75, 3.05) is 19.8 Å². The molecule has 2 aliphatic rings. The number of allylic oxidation sites excluding steroid dienone is 2. The second-order valence-electron chi connectivity index (χ2n) is 5.36. The molecule has 7 heteroatoms. The van der Waals surface area contributed by atoms with Crippen LogP contribution in [0.2, 0.25) is 0 Å². The van der Waals surface area contributed by atoms with Gasteiger partial charge in [0.15, 0.2) is 5.75 Å². The van der Waals surface area contributed by atoms with Gasteiger partial charge in [-0.05, 0) is 12.5 Å². The summed E-state index contributed by atoms with van der Waals surface area (Å²) in [5, 5.41) is 24.9. The number of fused-ring (bicyclic) bond motifs is 1. The molecule has 22 heavy (non-hydrogen) atoms. The average molecular weight is 304 g/mol. The number of ether oxygens (including phenoxy) is 1. The molecular weight excluding hydrogens is 284 g/mol. The highest BCUT2D eigenvalue weighted by molar-refractivity contribution is 5.26. The summed E-state index contributed by atoms with van der Waals surface area (Å²) in [6.45, 7) is 0.424. The topological polar surface area (TPSA) is 99.5 Å². The molecule has 1 fully saturated rings. The number of hydrogen-bond donors (Lipinski definition) is 4. The highest BCUT2D eigenvalue weighted by atomic mass is 16.5. The van der Waals surface area contributed by atoms with Gasteiger partial charge in [0.25, 0.3) is 0 Å². The van der Waals surface area contributed by atoms with Gasteiger partial charge in [-0.2, -0.15) is 0 Å². The molecule has 1 unspecified atom stereocenters. The van der Waals surface area contributed by atoms with Crippen molar-refractivity contribution in [3.63, 3.8) is 0 Å². The first-order valence-corrected chi connectivity index (χ1v) is 7.36. The molecule has 4 N–H and O–H groups in total. The lowest BCUT2D eigenvalue weighted by molar-refractivity contribution is 0.0533. The van der Waals surface area contributed by atoms with Crippen LogP contribution in [-0.4, -0.2) is 52.1 Å². The normalized spacial score (nSPS) is 24.9. The Balaban J connectivity index is 1.59. The summed E-state index contributed by atoms with van der Waals surface area (Å²) in [5.41, 5.74) is 1.21. The molecule has 1 aliphatic carbocycles. The highest BCUT2D eigenvalue weighted by Crippen LogP contribution is 2.21. The minimum Gasteiger partial charge on any atom is -0.488 e. The zero-order valence-electron chi connectivity index (χ0n) is 12.1. The Morgan fingerprint density at radius 3 is 2.91 bits per heavy atom. The molecule has 0 bridgehead atoms. The van der Waals surface area contributed by atoms with E-state index in [9.17, 15) is 5.11 Å². The molecule has 0 aromatic carbocycles. The maximum atomic E-state index is 9.24. The summed E-state index contributed by atoms with van der Waals surface area (Å²) in [5.74, 6) is 1.18. The van der Waals surface area contributed by atoms with E-state index in [1.807, 2.05) is 0 Å². The van der Waals surface area contributed by atoms with Crippen molar-refractivity contribution in [3.8, 4) is 5.75 Å². The van der Waals surface area contributed by atoms with E-state index >= 15 is 0 Å². The Hall–Kier alpha value is -1.96. The van der Waals surface area contributed by atoms with E-state index in [-0.39, 0.29) is 25.3 Å². The Labute approximate surface area is 128 Å². The van der Waals surface area contributed by atoms with Gasteiger partial charge in [-0.15, -0.1) is 0 Å². The van der Waals surface area contributed by atoms with Gasteiger partial charge in [0, 0.05) is 12.2 Å². The third-order valence-electron chi connectivity index (χ3n) is 3.68. The Kier molecular flexibility index (Phi) is 4.67. The van der Waals surface area contributed by atoms with Crippen LogP contribution >= 0.6 is 0 Å². The number of aliphatic hydroxyl groups excluding tert-OH is 2. The van der Waals surface area contributed by atoms with Gasteiger partial charge in [0.05, 0.1) is 31.1 Å². The maximum Gasteiger partial charge on any atom is 0.156 e. The largest absolute Gasteiger partial charge is 0.488 e. The average Bonchev–Trinajstić information content (AvgIpc) is 2.59. The first kappa shape index (κ1) is 15.0. The first-order chi connectivity index (χ1) is 10.8. The SMILES string of the molecule is OC[C@@H](O)COc1cnc([C@H]2CNC3=CC=CCC3N2)nc1. The van der Waals surface area contributed by atoms with E-state index in [1.54, 1.807) is 12.4 Å². The standard InChI is InChI=1S/C15H20N4O3/c20-8-10(21)9-22-11-5-17-15(18-6-11)14-7-16-12-3-1-2-4-13(12)19-14/h1-3,5-6,10,13-14,16,19-21H,4,7-9H2/t10-,13?,14-/m1/s1. The molecule has 1 aromatic rings. The lowest BCUT2D eigenvalue weighted by Gasteiger charge is -2.34. The molecule has 3 rings (SSSR count). The molecule has 118 valence electrons. The Bertz CT molecular complexity index is 558. The van der Waals surface area contributed by atoms with E-state index < -0.39 is 6.10 Å². The van der Waals surface area contributed by atoms with Crippen LogP contribution in [0.3, 0.4) is 0 Å². The summed E-state index contributed by atoms with van der Waals surface area (Å²) < 4.78 is 5.30. The van der Waals surface area contributed by atoms with Gasteiger partial charge >= 0.3 is 0 Å². The van der Waals surface area contributed by atoms with Crippen LogP contribution in [0, 0.1) is 0 Å². The fraction of sp³-hybridized carbons (Fsp3) is 0.467. The molecule has 0 radical (unpaired) electrons. The lowest BCUT2D eigenvalue weighted by atomic mass is 10.00. The summed E-state index contributed by atoms with van der Waals surface area (Å²) in [7, 11) is 0. The minimum absolute atomic E-state index is 0.0189. The van der Waals surface area contributed by atoms with Crippen molar-refractivity contribution >= 4 is 0 Å². The van der Waals surface area contributed by atoms with Gasteiger partial charge < -0.3 is 20.3 Å². The minimum atomic E-state index is -0.895. The summed E-state index contributed by atoms with van der Waals surface area (Å²) in [4.78, 5) is 8.65. The van der Waals surface area contributed by atoms with E-state index in [1.165, 1.54) is 5.70 Å². The zero-order chi connectivity index (χ0) is 15.4. The molecular formula is C15H20N4O3. The number of rotatable bonds is 5. The van der Waals surface area contributed by atoms with Crippen LogP contribution in [0.15, 0.2) is 36.3 Å². The van der Waals surface area contributed by atoms with Crippen LogP contribution in [-0.2, 0) is 0 Å². The Morgan fingerprint density at radius 2 is 2.14 bits per heavy atom. The number of nitrogens with zero attached hydrogens (tertiary/aromatic N) is 2. The second kappa shape index (κ2) is 6.87. The first-order valence-electron chi connectivity index (χ1n) is 7.36. The molecule has 2 heterocycles. The summed E-state index contributed by atoms with van der Waals surface area (Å²) in [6, 6.07) is 0.328. The van der Waals surface area contributed by atoms with E-state index in [0.29, 0.717) is 11.6 Å². The van der Waals surface area contributed by atoms with Crippen LogP contribution in [0.4, 0.5) is 0 Å². The van der Waals surface area contributed by atoms with Crippen molar-refractivity contribution in [1.29, 1.82) is 0 Å². The number of nitrogens with one attached hydrogen (secondary N) is 2. The van der Waals surface area contributed by atoms with Gasteiger partial charge in [0.1, 0.15) is 18.5 Å². The fourth-order valence-electron chi connectivity index (χ4n) is 2.48. The molecule has 1 saturated heterocycles. The second-order valence-corrected chi connectivity index (χ2v) is 5.36. The fourth-order valence-corrected chi connectivity index (χ4v) is 2.48. The van der Waals surface area contributed by atoms with Crippen molar-refractivity contribution in [2.24, 2.45) is 0 Å². The predicted molar refractivity (Wildman–Crippen MR) is 80.1 cm³/mol. The van der Waals surface area contributed by atoms with Crippen molar-refractivity contribution < 1.29 is 14.9 Å². The van der Waals surface area contributed by atoms with E-state index in [2.05, 4.69) is 38.8 Å². The Morgan fingerprint density at radius 1 is 1.32 bits per heavy atom. The van der Waals surface area contributed by atoms with E-state index in [4.69, 9.17) is 9.84 Å². The van der Waals surface area contributed by atoms with Gasteiger partial charge in [-0.25, -0.2) is 9.97 Å². The predicted octanol–water partition coefficient (Wildman–Crippen LogP) is -0.345. The van der Waals surface area contributed by atoms with Crippen molar-refractivity contribution in [1.82, 2.24) is 20.6 Å². The number of aromatic nitrogens is 2. The van der Waals surface area contributed by atoms with Crippen LogP contribution < -0.4 is 15.4 Å². The van der Waals surface area contributed by atoms with Crippen LogP contribution in [0.5, 0.6) is 5.75 Å². The zero-order valence-corrected chi connectivity index (χ0v) is 12.1. The number of piperazine rings is 1. The van der Waals surface area contributed by atoms with Crippen molar-refractivity contribution in [3.05, 3.63) is 42.1 Å². The highest BCUT2D eigenvalue weighted by Gasteiger charge is 2.27. The van der Waals surface area contributed by atoms with Crippen molar-refractivity contribution in [2.45, 2.75) is 24.6 Å². The van der Waals surface area contributed by atoms with Gasteiger partial charge in [0.2, 0.25) is 0 Å². The quantitative estimate of drug-likeness (QED) is 0.590.